The first kappa shape index (κ1) is 21.5. The molecule has 0 radical (unpaired) electrons. The monoisotopic (exact) mass is 415 g/mol. The minimum Gasteiger partial charge on any atom is -0.355 e. The predicted octanol–water partition coefficient (Wildman–Crippen LogP) is 1.97. The lowest BCUT2D eigenvalue weighted by Gasteiger charge is -2.37. The van der Waals surface area contributed by atoms with E-state index in [4.69, 9.17) is 0 Å². The van der Waals surface area contributed by atoms with E-state index in [0.717, 1.165) is 62.5 Å². The van der Waals surface area contributed by atoms with Crippen LogP contribution in [-0.2, 0) is 12.8 Å². The summed E-state index contributed by atoms with van der Waals surface area (Å²) in [5.74, 6) is 1.93. The molecular weight excluding hydrogens is 382 g/mol. The second kappa shape index (κ2) is 10.5. The largest absolute Gasteiger partial charge is 0.355 e. The first-order valence-corrected chi connectivity index (χ1v) is 11.1. The Labute approximate surface area is 178 Å². The van der Waals surface area contributed by atoms with Crippen molar-refractivity contribution in [1.82, 2.24) is 24.5 Å². The van der Waals surface area contributed by atoms with E-state index in [2.05, 4.69) is 85.7 Å². The van der Waals surface area contributed by atoms with Crippen molar-refractivity contribution in [2.45, 2.75) is 25.8 Å². The molecule has 1 fully saturated rings. The third kappa shape index (κ3) is 5.90. The highest BCUT2D eigenvalue weighted by molar-refractivity contribution is 7.09. The lowest BCUT2D eigenvalue weighted by atomic mass is 10.1. The third-order valence-corrected chi connectivity index (χ3v) is 6.19. The lowest BCUT2D eigenvalue weighted by Crippen LogP contribution is -2.54. The maximum absolute atomic E-state index is 4.62. The van der Waals surface area contributed by atoms with Crippen molar-refractivity contribution in [3.63, 3.8) is 0 Å². The number of nitrogens with zero attached hydrogens (tertiary/aromatic N) is 6. The SMILES string of the molecule is CCc1nsc(N2CCN(C(=NC)NCC(Cc3ccccc3)N(C)C)CC2)n1. The molecule has 3 rings (SSSR count). The van der Waals surface area contributed by atoms with Gasteiger partial charge in [0, 0.05) is 63.8 Å². The summed E-state index contributed by atoms with van der Waals surface area (Å²) in [7, 11) is 6.15. The van der Waals surface area contributed by atoms with Gasteiger partial charge in [0.2, 0.25) is 5.13 Å². The fourth-order valence-corrected chi connectivity index (χ4v) is 4.29. The Morgan fingerprint density at radius 2 is 1.93 bits per heavy atom. The van der Waals surface area contributed by atoms with Crippen LogP contribution in [0.5, 0.6) is 0 Å². The molecule has 7 nitrogen and oxygen atoms in total. The van der Waals surface area contributed by atoms with Gasteiger partial charge >= 0.3 is 0 Å². The summed E-state index contributed by atoms with van der Waals surface area (Å²) in [5.41, 5.74) is 1.36. The normalized spacial score (nSPS) is 16.4. The molecule has 1 aliphatic rings. The number of hydrogen-bond acceptors (Lipinski definition) is 6. The maximum atomic E-state index is 4.62. The maximum Gasteiger partial charge on any atom is 0.205 e. The summed E-state index contributed by atoms with van der Waals surface area (Å²) in [6.07, 6.45) is 1.91. The zero-order valence-electron chi connectivity index (χ0n) is 18.0. The van der Waals surface area contributed by atoms with Gasteiger partial charge in [-0.2, -0.15) is 4.37 Å². The summed E-state index contributed by atoms with van der Waals surface area (Å²) in [4.78, 5) is 16.1. The molecule has 1 aromatic carbocycles. The number of hydrogen-bond donors (Lipinski definition) is 1. The number of aryl methyl sites for hydroxylation is 1. The van der Waals surface area contributed by atoms with Crippen LogP contribution in [0.3, 0.4) is 0 Å². The molecule has 1 unspecified atom stereocenters. The predicted molar refractivity (Wildman–Crippen MR) is 122 cm³/mol. The minimum atomic E-state index is 0.407. The number of rotatable bonds is 7. The van der Waals surface area contributed by atoms with Crippen molar-refractivity contribution in [2.24, 2.45) is 4.99 Å². The molecule has 2 heterocycles. The average molecular weight is 416 g/mol. The van der Waals surface area contributed by atoms with Gasteiger partial charge in [-0.1, -0.05) is 37.3 Å². The zero-order chi connectivity index (χ0) is 20.6. The lowest BCUT2D eigenvalue weighted by molar-refractivity contribution is 0.285. The van der Waals surface area contributed by atoms with Crippen LogP contribution in [-0.4, -0.2) is 85.0 Å². The van der Waals surface area contributed by atoms with Gasteiger partial charge in [-0.3, -0.25) is 4.99 Å². The smallest absolute Gasteiger partial charge is 0.205 e. The van der Waals surface area contributed by atoms with Crippen LogP contribution >= 0.6 is 11.5 Å². The summed E-state index contributed by atoms with van der Waals surface area (Å²) in [6, 6.07) is 11.1. The number of likely N-dealkylation sites (N-methyl/N-ethyl adjacent to an activating group) is 1. The number of piperazine rings is 1. The van der Waals surface area contributed by atoms with Gasteiger partial charge in [0.25, 0.3) is 0 Å². The standard InChI is InChI=1S/C21H33N7S/c1-5-19-24-21(29-25-19)28-13-11-27(12-14-28)20(22-2)23-16-18(26(3)4)15-17-9-7-6-8-10-17/h6-10,18H,5,11-16H2,1-4H3,(H,22,23). The number of aromatic nitrogens is 2. The number of anilines is 1. The van der Waals surface area contributed by atoms with Gasteiger partial charge in [0.15, 0.2) is 5.96 Å². The number of guanidine groups is 1. The Hall–Kier alpha value is -2.19. The molecule has 0 bridgehead atoms. The van der Waals surface area contributed by atoms with Crippen molar-refractivity contribution in [1.29, 1.82) is 0 Å². The van der Waals surface area contributed by atoms with Crippen molar-refractivity contribution in [2.75, 3.05) is 58.8 Å². The number of benzene rings is 1. The second-order valence-electron chi connectivity index (χ2n) is 7.56. The molecule has 1 N–H and O–H groups in total. The fourth-order valence-electron chi connectivity index (χ4n) is 3.49. The molecule has 8 heteroatoms. The first-order chi connectivity index (χ1) is 14.1. The molecular formula is C21H33N7S. The van der Waals surface area contributed by atoms with Crippen LogP contribution in [0.4, 0.5) is 5.13 Å². The summed E-state index contributed by atoms with van der Waals surface area (Å²) in [5, 5.41) is 4.64. The third-order valence-electron chi connectivity index (χ3n) is 5.38. The first-order valence-electron chi connectivity index (χ1n) is 10.3. The highest BCUT2D eigenvalue weighted by atomic mass is 32.1. The Balaban J connectivity index is 1.52. The zero-order valence-corrected chi connectivity index (χ0v) is 18.8. The molecule has 2 aromatic rings. The van der Waals surface area contributed by atoms with Crippen molar-refractivity contribution >= 4 is 22.6 Å². The number of nitrogens with one attached hydrogen (secondary N) is 1. The molecule has 1 aliphatic heterocycles. The second-order valence-corrected chi connectivity index (χ2v) is 8.29. The molecule has 158 valence electrons. The molecule has 1 aromatic heterocycles. The van der Waals surface area contributed by atoms with E-state index in [1.54, 1.807) is 0 Å². The van der Waals surface area contributed by atoms with Gasteiger partial charge in [-0.05, 0) is 26.1 Å². The van der Waals surface area contributed by atoms with Crippen LogP contribution in [0.25, 0.3) is 0 Å². The molecule has 0 amide bonds. The van der Waals surface area contributed by atoms with Gasteiger partial charge < -0.3 is 20.0 Å². The van der Waals surface area contributed by atoms with E-state index in [1.807, 2.05) is 7.05 Å². The Morgan fingerprint density at radius 3 is 2.52 bits per heavy atom. The van der Waals surface area contributed by atoms with Crippen LogP contribution in [0.2, 0.25) is 0 Å². The van der Waals surface area contributed by atoms with E-state index in [1.165, 1.54) is 17.1 Å². The average Bonchev–Trinajstić information content (AvgIpc) is 3.23. The van der Waals surface area contributed by atoms with Crippen LogP contribution in [0.1, 0.15) is 18.3 Å². The van der Waals surface area contributed by atoms with E-state index in [-0.39, 0.29) is 0 Å². The Kier molecular flexibility index (Phi) is 7.83. The van der Waals surface area contributed by atoms with Crippen molar-refractivity contribution in [3.05, 3.63) is 41.7 Å². The molecule has 0 aliphatic carbocycles. The van der Waals surface area contributed by atoms with Gasteiger partial charge in [-0.25, -0.2) is 4.98 Å². The summed E-state index contributed by atoms with van der Waals surface area (Å²) in [6.45, 7) is 6.72. The summed E-state index contributed by atoms with van der Waals surface area (Å²) >= 11 is 1.51. The quantitative estimate of drug-likeness (QED) is 0.551. The fraction of sp³-hybridized carbons (Fsp3) is 0.571. The van der Waals surface area contributed by atoms with E-state index in [9.17, 15) is 0 Å². The van der Waals surface area contributed by atoms with Gasteiger partial charge in [0.1, 0.15) is 5.82 Å². The van der Waals surface area contributed by atoms with Crippen LogP contribution in [0.15, 0.2) is 35.3 Å². The van der Waals surface area contributed by atoms with Crippen molar-refractivity contribution in [3.8, 4) is 0 Å². The van der Waals surface area contributed by atoms with E-state index in [0.29, 0.717) is 6.04 Å². The van der Waals surface area contributed by atoms with Crippen molar-refractivity contribution < 1.29 is 0 Å². The Morgan fingerprint density at radius 1 is 1.21 bits per heavy atom. The highest BCUT2D eigenvalue weighted by Crippen LogP contribution is 2.19. The van der Waals surface area contributed by atoms with Gasteiger partial charge in [0.05, 0.1) is 0 Å². The Bertz CT molecular complexity index is 766. The number of aliphatic imine (C=N–C) groups is 1. The summed E-state index contributed by atoms with van der Waals surface area (Å²) < 4.78 is 4.41. The van der Waals surface area contributed by atoms with Gasteiger partial charge in [-0.15, -0.1) is 0 Å². The molecule has 1 saturated heterocycles. The minimum absolute atomic E-state index is 0.407. The molecule has 1 atom stereocenters. The molecule has 0 saturated carbocycles. The topological polar surface area (TPSA) is 59.9 Å². The van der Waals surface area contributed by atoms with E-state index >= 15 is 0 Å². The van der Waals surface area contributed by atoms with E-state index < -0.39 is 0 Å². The van der Waals surface area contributed by atoms with Crippen LogP contribution < -0.4 is 10.2 Å². The molecule has 29 heavy (non-hydrogen) atoms. The highest BCUT2D eigenvalue weighted by Gasteiger charge is 2.23. The van der Waals surface area contributed by atoms with Crippen LogP contribution in [0, 0.1) is 0 Å². The molecule has 0 spiro atoms.